The molecular weight excluding hydrogens is 259 g/mol. The van der Waals surface area contributed by atoms with Crippen LogP contribution in [0, 0.1) is 5.82 Å². The van der Waals surface area contributed by atoms with Gasteiger partial charge in [-0.25, -0.2) is 12.8 Å². The van der Waals surface area contributed by atoms with Gasteiger partial charge in [-0.3, -0.25) is 0 Å². The number of benzene rings is 1. The molecule has 100 valence electrons. The summed E-state index contributed by atoms with van der Waals surface area (Å²) >= 11 is 0. The van der Waals surface area contributed by atoms with Crippen LogP contribution < -0.4 is 5.73 Å². The molecule has 0 aliphatic carbocycles. The van der Waals surface area contributed by atoms with E-state index in [4.69, 9.17) is 10.5 Å². The van der Waals surface area contributed by atoms with Gasteiger partial charge in [-0.1, -0.05) is 0 Å². The van der Waals surface area contributed by atoms with Crippen LogP contribution in [0.25, 0.3) is 0 Å². The topological polar surface area (TPSA) is 72.6 Å². The third kappa shape index (κ3) is 2.33. The van der Waals surface area contributed by atoms with E-state index < -0.39 is 15.8 Å². The predicted molar refractivity (Wildman–Crippen MR) is 65.0 cm³/mol. The molecule has 0 amide bonds. The second-order valence-corrected chi connectivity index (χ2v) is 6.11. The third-order valence-corrected chi connectivity index (χ3v) is 4.89. The van der Waals surface area contributed by atoms with E-state index in [1.807, 2.05) is 0 Å². The van der Waals surface area contributed by atoms with Crippen molar-refractivity contribution >= 4 is 15.7 Å². The van der Waals surface area contributed by atoms with Crippen LogP contribution >= 0.6 is 0 Å². The van der Waals surface area contributed by atoms with Crippen molar-refractivity contribution in [1.82, 2.24) is 4.31 Å². The summed E-state index contributed by atoms with van der Waals surface area (Å²) in [6, 6.07) is 3.53. The standard InChI is InChI=1S/C11H15FN2O3S/c1-17-9-4-5-14(7-9)18(15,16)11-6-8(13)2-3-10(11)12/h2-3,6,9H,4-5,7,13H2,1H3. The Morgan fingerprint density at radius 1 is 1.50 bits per heavy atom. The Bertz CT molecular complexity index is 547. The van der Waals surface area contributed by atoms with Gasteiger partial charge < -0.3 is 10.5 Å². The van der Waals surface area contributed by atoms with Crippen molar-refractivity contribution < 1.29 is 17.5 Å². The molecular formula is C11H15FN2O3S. The summed E-state index contributed by atoms with van der Waals surface area (Å²) in [5.74, 6) is -0.787. The highest BCUT2D eigenvalue weighted by Gasteiger charge is 2.34. The molecule has 1 aliphatic heterocycles. The van der Waals surface area contributed by atoms with E-state index in [9.17, 15) is 12.8 Å². The summed E-state index contributed by atoms with van der Waals surface area (Å²) in [6.45, 7) is 0.572. The molecule has 0 aromatic heterocycles. The normalized spacial score (nSPS) is 21.3. The highest BCUT2D eigenvalue weighted by molar-refractivity contribution is 7.89. The van der Waals surface area contributed by atoms with Gasteiger partial charge in [0.05, 0.1) is 6.10 Å². The lowest BCUT2D eigenvalue weighted by atomic mass is 10.3. The number of ether oxygens (including phenoxy) is 1. The highest BCUT2D eigenvalue weighted by atomic mass is 32.2. The lowest BCUT2D eigenvalue weighted by Gasteiger charge is -2.17. The maximum absolute atomic E-state index is 13.6. The van der Waals surface area contributed by atoms with Crippen molar-refractivity contribution in [3.8, 4) is 0 Å². The molecule has 1 aromatic carbocycles. The first-order valence-electron chi connectivity index (χ1n) is 5.53. The van der Waals surface area contributed by atoms with Crippen LogP contribution in [-0.4, -0.2) is 39.0 Å². The molecule has 2 N–H and O–H groups in total. The van der Waals surface area contributed by atoms with Crippen LogP contribution in [0.15, 0.2) is 23.1 Å². The Labute approximate surface area is 105 Å². The Balaban J connectivity index is 2.34. The number of rotatable bonds is 3. The lowest BCUT2D eigenvalue weighted by Crippen LogP contribution is -2.30. The van der Waals surface area contributed by atoms with Crippen LogP contribution in [0.3, 0.4) is 0 Å². The summed E-state index contributed by atoms with van der Waals surface area (Å²) in [6.07, 6.45) is 0.475. The largest absolute Gasteiger partial charge is 0.399 e. The molecule has 1 heterocycles. The SMILES string of the molecule is COC1CCN(S(=O)(=O)c2cc(N)ccc2F)C1. The average molecular weight is 274 g/mol. The fourth-order valence-corrected chi connectivity index (χ4v) is 3.55. The molecule has 0 saturated carbocycles. The van der Waals surface area contributed by atoms with Gasteiger partial charge in [-0.05, 0) is 24.6 Å². The van der Waals surface area contributed by atoms with E-state index in [1.165, 1.54) is 17.5 Å². The quantitative estimate of drug-likeness (QED) is 0.828. The van der Waals surface area contributed by atoms with Gasteiger partial charge in [0.25, 0.3) is 0 Å². The van der Waals surface area contributed by atoms with Gasteiger partial charge in [0.15, 0.2) is 0 Å². The van der Waals surface area contributed by atoms with Crippen LogP contribution in [-0.2, 0) is 14.8 Å². The zero-order valence-electron chi connectivity index (χ0n) is 9.97. The average Bonchev–Trinajstić information content (AvgIpc) is 2.81. The summed E-state index contributed by atoms with van der Waals surface area (Å²) in [5.41, 5.74) is 5.72. The van der Waals surface area contributed by atoms with Crippen molar-refractivity contribution in [1.29, 1.82) is 0 Å². The Morgan fingerprint density at radius 2 is 2.22 bits per heavy atom. The molecule has 1 atom stereocenters. The molecule has 7 heteroatoms. The molecule has 18 heavy (non-hydrogen) atoms. The van der Waals surface area contributed by atoms with E-state index >= 15 is 0 Å². The van der Waals surface area contributed by atoms with E-state index in [1.54, 1.807) is 0 Å². The maximum atomic E-state index is 13.6. The molecule has 1 saturated heterocycles. The van der Waals surface area contributed by atoms with Gasteiger partial charge in [0, 0.05) is 25.9 Å². The van der Waals surface area contributed by atoms with Crippen LogP contribution in [0.5, 0.6) is 0 Å². The number of nitrogens with zero attached hydrogens (tertiary/aromatic N) is 1. The molecule has 1 aliphatic rings. The first-order chi connectivity index (χ1) is 8.45. The van der Waals surface area contributed by atoms with Crippen molar-refractivity contribution in [2.45, 2.75) is 17.4 Å². The van der Waals surface area contributed by atoms with Gasteiger partial charge >= 0.3 is 0 Å². The summed E-state index contributed by atoms with van der Waals surface area (Å²) in [7, 11) is -2.31. The Morgan fingerprint density at radius 3 is 2.83 bits per heavy atom. The fourth-order valence-electron chi connectivity index (χ4n) is 1.97. The van der Waals surface area contributed by atoms with E-state index in [2.05, 4.69) is 0 Å². The summed E-state index contributed by atoms with van der Waals surface area (Å²) < 4.78 is 44.4. The lowest BCUT2D eigenvalue weighted by molar-refractivity contribution is 0.115. The zero-order chi connectivity index (χ0) is 13.3. The van der Waals surface area contributed by atoms with Crippen molar-refractivity contribution in [2.75, 3.05) is 25.9 Å². The fraction of sp³-hybridized carbons (Fsp3) is 0.455. The van der Waals surface area contributed by atoms with E-state index in [-0.39, 0.29) is 23.2 Å². The van der Waals surface area contributed by atoms with Gasteiger partial charge in [0.1, 0.15) is 10.7 Å². The van der Waals surface area contributed by atoms with E-state index in [0.717, 1.165) is 12.1 Å². The minimum absolute atomic E-state index is 0.135. The minimum atomic E-state index is -3.84. The summed E-state index contributed by atoms with van der Waals surface area (Å²) in [4.78, 5) is -0.376. The first-order valence-corrected chi connectivity index (χ1v) is 6.97. The second-order valence-electron chi connectivity index (χ2n) is 4.20. The number of halogens is 1. The number of nitrogen functional groups attached to an aromatic ring is 1. The zero-order valence-corrected chi connectivity index (χ0v) is 10.8. The smallest absolute Gasteiger partial charge is 0.246 e. The van der Waals surface area contributed by atoms with Crippen molar-refractivity contribution in [3.05, 3.63) is 24.0 Å². The van der Waals surface area contributed by atoms with Crippen LogP contribution in [0.4, 0.5) is 10.1 Å². The Hall–Kier alpha value is -1.18. The first kappa shape index (κ1) is 13.3. The third-order valence-electron chi connectivity index (χ3n) is 3.01. The Kier molecular flexibility index (Phi) is 3.56. The predicted octanol–water partition coefficient (Wildman–Crippen LogP) is 0.817. The number of sulfonamides is 1. The molecule has 1 unspecified atom stereocenters. The van der Waals surface area contributed by atoms with Crippen LogP contribution in [0.1, 0.15) is 6.42 Å². The number of nitrogens with two attached hydrogens (primary N) is 1. The van der Waals surface area contributed by atoms with Crippen LogP contribution in [0.2, 0.25) is 0 Å². The molecule has 0 radical (unpaired) electrons. The monoisotopic (exact) mass is 274 g/mol. The summed E-state index contributed by atoms with van der Waals surface area (Å²) in [5, 5.41) is 0. The van der Waals surface area contributed by atoms with Gasteiger partial charge in [-0.2, -0.15) is 4.31 Å². The van der Waals surface area contributed by atoms with Gasteiger partial charge in [0.2, 0.25) is 10.0 Å². The van der Waals surface area contributed by atoms with E-state index in [0.29, 0.717) is 13.0 Å². The number of anilines is 1. The molecule has 5 nitrogen and oxygen atoms in total. The highest BCUT2D eigenvalue weighted by Crippen LogP contribution is 2.25. The molecule has 1 aromatic rings. The number of hydrogen-bond donors (Lipinski definition) is 1. The van der Waals surface area contributed by atoms with Crippen molar-refractivity contribution in [2.24, 2.45) is 0 Å². The second kappa shape index (κ2) is 4.83. The number of hydrogen-bond acceptors (Lipinski definition) is 4. The molecule has 0 spiro atoms. The minimum Gasteiger partial charge on any atom is -0.399 e. The molecule has 2 rings (SSSR count). The maximum Gasteiger partial charge on any atom is 0.246 e. The number of methoxy groups -OCH3 is 1. The van der Waals surface area contributed by atoms with Gasteiger partial charge in [-0.15, -0.1) is 0 Å². The molecule has 0 bridgehead atoms. The molecule has 1 fully saturated rings. The van der Waals surface area contributed by atoms with Crippen molar-refractivity contribution in [3.63, 3.8) is 0 Å².